The summed E-state index contributed by atoms with van der Waals surface area (Å²) in [5.41, 5.74) is 0.818. The lowest BCUT2D eigenvalue weighted by molar-refractivity contribution is -0.118. The van der Waals surface area contributed by atoms with E-state index in [4.69, 9.17) is 0 Å². The first kappa shape index (κ1) is 14.0. The molecule has 0 aliphatic carbocycles. The van der Waals surface area contributed by atoms with Gasteiger partial charge in [-0.1, -0.05) is 25.1 Å². The molecule has 0 aromatic heterocycles. The number of benzene rings is 1. The number of nitrogens with one attached hydrogen (secondary N) is 1. The smallest absolute Gasteiger partial charge is 0.238 e. The maximum atomic E-state index is 12.0. The number of nitrogens with zero attached hydrogens (tertiary/aromatic N) is 1. The Kier molecular flexibility index (Phi) is 4.93. The number of amides is 1. The van der Waals surface area contributed by atoms with E-state index < -0.39 is 0 Å². The molecule has 1 saturated heterocycles. The van der Waals surface area contributed by atoms with Crippen molar-refractivity contribution in [3.8, 4) is 0 Å². The van der Waals surface area contributed by atoms with Crippen molar-refractivity contribution >= 4 is 11.6 Å². The van der Waals surface area contributed by atoms with Gasteiger partial charge in [-0.3, -0.25) is 9.69 Å². The van der Waals surface area contributed by atoms with Crippen LogP contribution in [0.25, 0.3) is 0 Å². The van der Waals surface area contributed by atoms with Crippen LogP contribution in [0.15, 0.2) is 30.3 Å². The summed E-state index contributed by atoms with van der Waals surface area (Å²) in [5.74, 6) is 0.432. The molecule has 104 valence electrons. The lowest BCUT2D eigenvalue weighted by Crippen LogP contribution is -2.49. The highest BCUT2D eigenvalue weighted by Gasteiger charge is 2.28. The fourth-order valence-electron chi connectivity index (χ4n) is 2.73. The molecule has 1 amide bonds. The van der Waals surface area contributed by atoms with Crippen LogP contribution in [-0.4, -0.2) is 41.7 Å². The van der Waals surface area contributed by atoms with Gasteiger partial charge in [0.25, 0.3) is 0 Å². The van der Waals surface area contributed by atoms with Crippen LogP contribution in [0.1, 0.15) is 19.8 Å². The predicted molar refractivity (Wildman–Crippen MR) is 75.9 cm³/mol. The molecule has 2 atom stereocenters. The lowest BCUT2D eigenvalue weighted by Gasteiger charge is -2.38. The Labute approximate surface area is 114 Å². The summed E-state index contributed by atoms with van der Waals surface area (Å²) < 4.78 is 0. The molecule has 1 aliphatic heterocycles. The zero-order valence-corrected chi connectivity index (χ0v) is 11.4. The Morgan fingerprint density at radius 1 is 1.42 bits per heavy atom. The van der Waals surface area contributed by atoms with Crippen molar-refractivity contribution in [2.75, 3.05) is 25.0 Å². The number of hydrogen-bond acceptors (Lipinski definition) is 3. The number of likely N-dealkylation sites (tertiary alicyclic amines) is 1. The SMILES string of the molecule is CC1CCCN(CC(=O)Nc2ccccc2)C1CO. The van der Waals surface area contributed by atoms with E-state index in [1.54, 1.807) is 0 Å². The third kappa shape index (κ3) is 3.78. The molecule has 0 bridgehead atoms. The molecule has 2 rings (SSSR count). The summed E-state index contributed by atoms with van der Waals surface area (Å²) in [6.45, 7) is 3.50. The second-order valence-corrected chi connectivity index (χ2v) is 5.25. The molecule has 2 unspecified atom stereocenters. The Morgan fingerprint density at radius 3 is 2.84 bits per heavy atom. The predicted octanol–water partition coefficient (Wildman–Crippen LogP) is 1.72. The number of carbonyl (C=O) groups is 1. The van der Waals surface area contributed by atoms with Crippen molar-refractivity contribution in [3.05, 3.63) is 30.3 Å². The summed E-state index contributed by atoms with van der Waals surface area (Å²) in [6.07, 6.45) is 2.22. The Balaban J connectivity index is 1.90. The van der Waals surface area contributed by atoms with Gasteiger partial charge < -0.3 is 10.4 Å². The molecule has 19 heavy (non-hydrogen) atoms. The Bertz CT molecular complexity index is 408. The van der Waals surface area contributed by atoms with Crippen LogP contribution in [0, 0.1) is 5.92 Å². The highest BCUT2D eigenvalue weighted by Crippen LogP contribution is 2.22. The first-order chi connectivity index (χ1) is 9.20. The summed E-state index contributed by atoms with van der Waals surface area (Å²) in [7, 11) is 0. The van der Waals surface area contributed by atoms with Gasteiger partial charge in [-0.15, -0.1) is 0 Å². The van der Waals surface area contributed by atoms with Crippen LogP contribution < -0.4 is 5.32 Å². The summed E-state index contributed by atoms with van der Waals surface area (Å²) in [5, 5.41) is 12.3. The Morgan fingerprint density at radius 2 is 2.16 bits per heavy atom. The zero-order chi connectivity index (χ0) is 13.7. The molecule has 0 saturated carbocycles. The van der Waals surface area contributed by atoms with E-state index in [0.29, 0.717) is 12.5 Å². The normalized spacial score (nSPS) is 24.1. The second kappa shape index (κ2) is 6.68. The molecule has 1 aliphatic rings. The van der Waals surface area contributed by atoms with Crippen LogP contribution in [0.3, 0.4) is 0 Å². The van der Waals surface area contributed by atoms with E-state index in [0.717, 1.165) is 25.1 Å². The quantitative estimate of drug-likeness (QED) is 0.868. The molecule has 1 fully saturated rings. The van der Waals surface area contributed by atoms with E-state index in [9.17, 15) is 9.90 Å². The highest BCUT2D eigenvalue weighted by molar-refractivity contribution is 5.92. The number of para-hydroxylation sites is 1. The van der Waals surface area contributed by atoms with Crippen LogP contribution in [0.4, 0.5) is 5.69 Å². The lowest BCUT2D eigenvalue weighted by atomic mass is 9.91. The standard InChI is InChI=1S/C15H22N2O2/c1-12-6-5-9-17(14(12)11-18)10-15(19)16-13-7-3-2-4-8-13/h2-4,7-8,12,14,18H,5-6,9-11H2,1H3,(H,16,19). The van der Waals surface area contributed by atoms with Crippen LogP contribution in [-0.2, 0) is 4.79 Å². The number of piperidine rings is 1. The topological polar surface area (TPSA) is 52.6 Å². The van der Waals surface area contributed by atoms with E-state index >= 15 is 0 Å². The molecule has 4 nitrogen and oxygen atoms in total. The van der Waals surface area contributed by atoms with Crippen LogP contribution >= 0.6 is 0 Å². The van der Waals surface area contributed by atoms with E-state index in [-0.39, 0.29) is 18.6 Å². The molecule has 1 aromatic rings. The summed E-state index contributed by atoms with van der Waals surface area (Å²) >= 11 is 0. The largest absolute Gasteiger partial charge is 0.395 e. The minimum atomic E-state index is -0.0150. The molecule has 0 spiro atoms. The fraction of sp³-hybridized carbons (Fsp3) is 0.533. The second-order valence-electron chi connectivity index (χ2n) is 5.25. The average Bonchev–Trinajstić information content (AvgIpc) is 2.40. The summed E-state index contributed by atoms with van der Waals surface area (Å²) in [6, 6.07) is 9.57. The van der Waals surface area contributed by atoms with E-state index in [1.165, 1.54) is 0 Å². The van der Waals surface area contributed by atoms with Gasteiger partial charge >= 0.3 is 0 Å². The van der Waals surface area contributed by atoms with Gasteiger partial charge in [0.15, 0.2) is 0 Å². The third-order valence-corrected chi connectivity index (χ3v) is 3.82. The van der Waals surface area contributed by atoms with Gasteiger partial charge in [-0.05, 0) is 37.4 Å². The van der Waals surface area contributed by atoms with E-state index in [1.807, 2.05) is 30.3 Å². The number of anilines is 1. The van der Waals surface area contributed by atoms with E-state index in [2.05, 4.69) is 17.1 Å². The van der Waals surface area contributed by atoms with Gasteiger partial charge in [-0.25, -0.2) is 0 Å². The average molecular weight is 262 g/mol. The Hall–Kier alpha value is -1.39. The number of aliphatic hydroxyl groups excluding tert-OH is 1. The van der Waals surface area contributed by atoms with Crippen molar-refractivity contribution < 1.29 is 9.90 Å². The molecule has 2 N–H and O–H groups in total. The number of aliphatic hydroxyl groups is 1. The van der Waals surface area contributed by atoms with Crippen LogP contribution in [0.2, 0.25) is 0 Å². The maximum Gasteiger partial charge on any atom is 0.238 e. The highest BCUT2D eigenvalue weighted by atomic mass is 16.3. The third-order valence-electron chi connectivity index (χ3n) is 3.82. The van der Waals surface area contributed by atoms with Crippen molar-refractivity contribution in [1.29, 1.82) is 0 Å². The number of carbonyl (C=O) groups excluding carboxylic acids is 1. The molecule has 0 radical (unpaired) electrons. The van der Waals surface area contributed by atoms with Gasteiger partial charge in [0.2, 0.25) is 5.91 Å². The van der Waals surface area contributed by atoms with Gasteiger partial charge in [0.1, 0.15) is 0 Å². The minimum absolute atomic E-state index is 0.0150. The van der Waals surface area contributed by atoms with Crippen molar-refractivity contribution in [2.24, 2.45) is 5.92 Å². The van der Waals surface area contributed by atoms with Gasteiger partial charge in [0, 0.05) is 11.7 Å². The first-order valence-electron chi connectivity index (χ1n) is 6.90. The minimum Gasteiger partial charge on any atom is -0.395 e. The molecule has 1 aromatic carbocycles. The molecule has 4 heteroatoms. The number of hydrogen-bond donors (Lipinski definition) is 2. The van der Waals surface area contributed by atoms with Crippen LogP contribution in [0.5, 0.6) is 0 Å². The zero-order valence-electron chi connectivity index (χ0n) is 11.4. The van der Waals surface area contributed by atoms with Crippen molar-refractivity contribution in [3.63, 3.8) is 0 Å². The monoisotopic (exact) mass is 262 g/mol. The van der Waals surface area contributed by atoms with Crippen molar-refractivity contribution in [1.82, 2.24) is 4.90 Å². The molecular weight excluding hydrogens is 240 g/mol. The van der Waals surface area contributed by atoms with Gasteiger partial charge in [0.05, 0.1) is 13.2 Å². The molecular formula is C15H22N2O2. The number of rotatable bonds is 4. The first-order valence-corrected chi connectivity index (χ1v) is 6.90. The van der Waals surface area contributed by atoms with Gasteiger partial charge in [-0.2, -0.15) is 0 Å². The van der Waals surface area contributed by atoms with Crippen molar-refractivity contribution in [2.45, 2.75) is 25.8 Å². The fourth-order valence-corrected chi connectivity index (χ4v) is 2.73. The molecule has 1 heterocycles. The maximum absolute atomic E-state index is 12.0. The summed E-state index contributed by atoms with van der Waals surface area (Å²) in [4.78, 5) is 14.1.